The number of benzene rings is 2. The van der Waals surface area contributed by atoms with E-state index in [1.807, 2.05) is 42.5 Å². The summed E-state index contributed by atoms with van der Waals surface area (Å²) in [6.07, 6.45) is 1.45. The third-order valence-corrected chi connectivity index (χ3v) is 6.97. The number of hydrogen-bond donors (Lipinski definition) is 1. The first-order chi connectivity index (χ1) is 12.5. The fraction of sp³-hybridized carbons (Fsp3) is 0.455. The molecule has 2 aromatic rings. The van der Waals surface area contributed by atoms with Crippen molar-refractivity contribution >= 4 is 27.5 Å². The van der Waals surface area contributed by atoms with Crippen LogP contribution in [0.25, 0.3) is 0 Å². The molecule has 2 rings (SSSR count). The van der Waals surface area contributed by atoms with Crippen molar-refractivity contribution in [2.45, 2.75) is 62.5 Å². The van der Waals surface area contributed by atoms with Crippen LogP contribution in [0.1, 0.15) is 53.0 Å². The molecule has 0 spiro atoms. The van der Waals surface area contributed by atoms with Crippen molar-refractivity contribution in [1.82, 2.24) is 0 Å². The van der Waals surface area contributed by atoms with Gasteiger partial charge < -0.3 is 0 Å². The summed E-state index contributed by atoms with van der Waals surface area (Å²) >= 11 is 1.79. The molecule has 5 heteroatoms. The highest BCUT2D eigenvalue weighted by Crippen LogP contribution is 2.35. The second kappa shape index (κ2) is 8.70. The van der Waals surface area contributed by atoms with Gasteiger partial charge in [0.05, 0.1) is 5.75 Å². The molecule has 0 aliphatic rings. The Balaban J connectivity index is 1.91. The topological polar surface area (TPSA) is 46.2 Å². The quantitative estimate of drug-likeness (QED) is 0.542. The Morgan fingerprint density at radius 2 is 1.59 bits per heavy atom. The lowest BCUT2D eigenvalue weighted by molar-refractivity contribution is 0.584. The summed E-state index contributed by atoms with van der Waals surface area (Å²) in [6, 6.07) is 17.9. The minimum Gasteiger partial charge on any atom is -0.284 e. The number of thioether (sulfide) groups is 1. The molecule has 0 amide bonds. The maximum atomic E-state index is 12.5. The van der Waals surface area contributed by atoms with Crippen LogP contribution in [0.3, 0.4) is 0 Å². The molecule has 0 fully saturated rings. The van der Waals surface area contributed by atoms with Gasteiger partial charge in [-0.05, 0) is 48.1 Å². The summed E-state index contributed by atoms with van der Waals surface area (Å²) in [6.45, 7) is 10.7. The van der Waals surface area contributed by atoms with Gasteiger partial charge in [0.2, 0.25) is 10.0 Å². The molecule has 2 aromatic carbocycles. The van der Waals surface area contributed by atoms with Gasteiger partial charge >= 0.3 is 0 Å². The Morgan fingerprint density at radius 1 is 0.926 bits per heavy atom. The number of rotatable bonds is 8. The second-order valence-corrected chi connectivity index (χ2v) is 12.2. The molecule has 0 atom stereocenters. The zero-order valence-corrected chi connectivity index (χ0v) is 18.6. The zero-order chi connectivity index (χ0) is 20.1. The largest absolute Gasteiger partial charge is 0.284 e. The zero-order valence-electron chi connectivity index (χ0n) is 17.0. The van der Waals surface area contributed by atoms with Crippen LogP contribution in [-0.4, -0.2) is 18.9 Å². The fourth-order valence-electron chi connectivity index (χ4n) is 2.83. The number of sulfonamides is 1. The lowest BCUT2D eigenvalue weighted by Crippen LogP contribution is -2.21. The van der Waals surface area contributed by atoms with E-state index in [1.54, 1.807) is 11.8 Å². The van der Waals surface area contributed by atoms with Crippen molar-refractivity contribution in [2.75, 3.05) is 10.5 Å². The lowest BCUT2D eigenvalue weighted by Gasteiger charge is -2.24. The maximum absolute atomic E-state index is 12.5. The van der Waals surface area contributed by atoms with Crippen molar-refractivity contribution in [3.05, 3.63) is 60.2 Å². The second-order valence-electron chi connectivity index (χ2n) is 8.53. The standard InChI is InChI=1S/C22H31NO2S2/c1-21(2,3)18-11-9-12-19(17-18)23-27(24,25)16-10-15-22(4,5)26-20-13-7-6-8-14-20/h6-9,11-14,17,23H,10,15-16H2,1-5H3. The van der Waals surface area contributed by atoms with Crippen LogP contribution in [-0.2, 0) is 15.4 Å². The van der Waals surface area contributed by atoms with Gasteiger partial charge in [0.15, 0.2) is 0 Å². The minimum atomic E-state index is -3.35. The third kappa shape index (κ3) is 7.59. The van der Waals surface area contributed by atoms with Gasteiger partial charge in [-0.15, -0.1) is 11.8 Å². The van der Waals surface area contributed by atoms with Crippen LogP contribution in [0.2, 0.25) is 0 Å². The Kier molecular flexibility index (Phi) is 7.03. The summed E-state index contributed by atoms with van der Waals surface area (Å²) < 4.78 is 27.7. The molecule has 0 aliphatic carbocycles. The van der Waals surface area contributed by atoms with E-state index in [0.29, 0.717) is 12.1 Å². The van der Waals surface area contributed by atoms with Crippen LogP contribution >= 0.6 is 11.8 Å². The van der Waals surface area contributed by atoms with Gasteiger partial charge in [-0.2, -0.15) is 0 Å². The molecular weight excluding hydrogens is 374 g/mol. The first kappa shape index (κ1) is 21.8. The molecule has 0 radical (unpaired) electrons. The number of anilines is 1. The molecule has 0 saturated carbocycles. The molecule has 0 heterocycles. The molecule has 0 bridgehead atoms. The van der Waals surface area contributed by atoms with E-state index < -0.39 is 10.0 Å². The molecule has 27 heavy (non-hydrogen) atoms. The Hall–Kier alpha value is -1.46. The predicted octanol–water partition coefficient (Wildman–Crippen LogP) is 6.08. The van der Waals surface area contributed by atoms with Gasteiger partial charge in [-0.25, -0.2) is 8.42 Å². The van der Waals surface area contributed by atoms with Crippen LogP contribution in [0.5, 0.6) is 0 Å². The summed E-state index contributed by atoms with van der Waals surface area (Å²) in [5, 5.41) is 0. The highest BCUT2D eigenvalue weighted by atomic mass is 32.2. The molecule has 148 valence electrons. The van der Waals surface area contributed by atoms with Gasteiger partial charge in [-0.1, -0.05) is 65.0 Å². The van der Waals surface area contributed by atoms with Crippen LogP contribution in [0, 0.1) is 0 Å². The van der Waals surface area contributed by atoms with E-state index in [2.05, 4.69) is 51.5 Å². The van der Waals surface area contributed by atoms with Crippen LogP contribution in [0.4, 0.5) is 5.69 Å². The maximum Gasteiger partial charge on any atom is 0.232 e. The molecule has 0 aromatic heterocycles. The molecule has 0 saturated heterocycles. The fourth-order valence-corrected chi connectivity index (χ4v) is 5.12. The number of hydrogen-bond acceptors (Lipinski definition) is 3. The summed E-state index contributed by atoms with van der Waals surface area (Å²) in [5.74, 6) is 0.130. The van der Waals surface area contributed by atoms with E-state index in [4.69, 9.17) is 0 Å². The van der Waals surface area contributed by atoms with Crippen molar-refractivity contribution in [3.63, 3.8) is 0 Å². The van der Waals surface area contributed by atoms with E-state index in [0.717, 1.165) is 12.0 Å². The molecule has 1 N–H and O–H groups in total. The SMILES string of the molecule is CC(C)(CCCS(=O)(=O)Nc1cccc(C(C)(C)C)c1)Sc1ccccc1. The Labute approximate surface area is 169 Å². The average molecular weight is 406 g/mol. The average Bonchev–Trinajstić information content (AvgIpc) is 2.54. The van der Waals surface area contributed by atoms with E-state index >= 15 is 0 Å². The van der Waals surface area contributed by atoms with Crippen LogP contribution in [0.15, 0.2) is 59.5 Å². The minimum absolute atomic E-state index is 0.0109. The summed E-state index contributed by atoms with van der Waals surface area (Å²) in [4.78, 5) is 1.21. The first-order valence-corrected chi connectivity index (χ1v) is 11.8. The van der Waals surface area contributed by atoms with Gasteiger partial charge in [0.25, 0.3) is 0 Å². The van der Waals surface area contributed by atoms with E-state index in [-0.39, 0.29) is 15.9 Å². The lowest BCUT2D eigenvalue weighted by atomic mass is 9.87. The van der Waals surface area contributed by atoms with Crippen molar-refractivity contribution in [3.8, 4) is 0 Å². The molecule has 0 unspecified atom stereocenters. The van der Waals surface area contributed by atoms with Gasteiger partial charge in [-0.3, -0.25) is 4.72 Å². The monoisotopic (exact) mass is 405 g/mol. The van der Waals surface area contributed by atoms with E-state index in [9.17, 15) is 8.42 Å². The molecular formula is C22H31NO2S2. The van der Waals surface area contributed by atoms with Crippen molar-refractivity contribution in [1.29, 1.82) is 0 Å². The number of nitrogens with one attached hydrogen (secondary N) is 1. The molecule has 3 nitrogen and oxygen atoms in total. The Bertz CT molecular complexity index is 838. The Morgan fingerprint density at radius 3 is 2.22 bits per heavy atom. The van der Waals surface area contributed by atoms with Crippen molar-refractivity contribution < 1.29 is 8.42 Å². The first-order valence-electron chi connectivity index (χ1n) is 9.32. The highest BCUT2D eigenvalue weighted by Gasteiger charge is 2.21. The smallest absolute Gasteiger partial charge is 0.232 e. The predicted molar refractivity (Wildman–Crippen MR) is 118 cm³/mol. The van der Waals surface area contributed by atoms with E-state index in [1.165, 1.54) is 4.90 Å². The van der Waals surface area contributed by atoms with Gasteiger partial charge in [0.1, 0.15) is 0 Å². The summed E-state index contributed by atoms with van der Waals surface area (Å²) in [5.41, 5.74) is 1.74. The molecule has 0 aliphatic heterocycles. The highest BCUT2D eigenvalue weighted by molar-refractivity contribution is 8.00. The summed E-state index contributed by atoms with van der Waals surface area (Å²) in [7, 11) is -3.35. The third-order valence-electron chi connectivity index (χ3n) is 4.33. The van der Waals surface area contributed by atoms with Gasteiger partial charge in [0, 0.05) is 15.3 Å². The normalized spacial score (nSPS) is 12.8. The van der Waals surface area contributed by atoms with Crippen molar-refractivity contribution in [2.24, 2.45) is 0 Å². The van der Waals surface area contributed by atoms with Crippen LogP contribution < -0.4 is 4.72 Å².